The summed E-state index contributed by atoms with van der Waals surface area (Å²) in [5.41, 5.74) is -0.00742. The zero-order chi connectivity index (χ0) is 18.6. The lowest BCUT2D eigenvalue weighted by Gasteiger charge is -2.16. The Labute approximate surface area is 141 Å². The molecule has 0 bridgehead atoms. The lowest BCUT2D eigenvalue weighted by Crippen LogP contribution is -2.17. The highest BCUT2D eigenvalue weighted by Gasteiger charge is 2.36. The molecule has 0 amide bonds. The number of carbonyl (C=O) groups is 1. The highest BCUT2D eigenvalue weighted by Crippen LogP contribution is 2.35. The van der Waals surface area contributed by atoms with Crippen molar-refractivity contribution < 1.29 is 31.8 Å². The summed E-state index contributed by atoms with van der Waals surface area (Å²) < 4.78 is 61.9. The average molecular weight is 357 g/mol. The smallest absolute Gasteiger partial charge is 0.395 e. The lowest BCUT2D eigenvalue weighted by atomic mass is 10.0. The van der Waals surface area contributed by atoms with Gasteiger partial charge < -0.3 is 9.47 Å². The highest BCUT2D eigenvalue weighted by molar-refractivity contribution is 5.89. The number of pyridine rings is 1. The number of alkyl halides is 3. The molecule has 0 N–H and O–H groups in total. The number of aromatic nitrogens is 1. The third-order valence-electron chi connectivity index (χ3n) is 3.40. The molecule has 0 spiro atoms. The van der Waals surface area contributed by atoms with Gasteiger partial charge in [-0.25, -0.2) is 14.2 Å². The standard InChI is InChI=1S/C17H15F4NO3/c1-3-24-16(23)12-8-14(18)15(22-9-12)25-13-6-4-11(5-7-13)10(2)17(19,20)21/h4-10H,3H2,1-2H3. The van der Waals surface area contributed by atoms with Crippen molar-refractivity contribution in [2.24, 2.45) is 0 Å². The first kappa shape index (κ1) is 18.7. The van der Waals surface area contributed by atoms with E-state index in [0.717, 1.165) is 19.2 Å². The van der Waals surface area contributed by atoms with Gasteiger partial charge in [0.05, 0.1) is 18.1 Å². The van der Waals surface area contributed by atoms with E-state index in [4.69, 9.17) is 9.47 Å². The fourth-order valence-corrected chi connectivity index (χ4v) is 1.95. The van der Waals surface area contributed by atoms with Crippen molar-refractivity contribution in [2.45, 2.75) is 25.9 Å². The molecule has 25 heavy (non-hydrogen) atoms. The van der Waals surface area contributed by atoms with Crippen molar-refractivity contribution in [1.82, 2.24) is 4.98 Å². The van der Waals surface area contributed by atoms with Gasteiger partial charge in [0.15, 0.2) is 5.82 Å². The summed E-state index contributed by atoms with van der Waals surface area (Å²) in [6.07, 6.45) is -3.25. The third-order valence-corrected chi connectivity index (χ3v) is 3.40. The molecular weight excluding hydrogens is 342 g/mol. The molecular formula is C17H15F4NO3. The summed E-state index contributed by atoms with van der Waals surface area (Å²) in [4.78, 5) is 15.2. The van der Waals surface area contributed by atoms with Gasteiger partial charge in [-0.2, -0.15) is 13.2 Å². The van der Waals surface area contributed by atoms with Crippen molar-refractivity contribution in [3.05, 3.63) is 53.5 Å². The van der Waals surface area contributed by atoms with Gasteiger partial charge in [0.1, 0.15) is 5.75 Å². The van der Waals surface area contributed by atoms with Crippen molar-refractivity contribution in [2.75, 3.05) is 6.61 Å². The van der Waals surface area contributed by atoms with Crippen molar-refractivity contribution in [1.29, 1.82) is 0 Å². The van der Waals surface area contributed by atoms with Gasteiger partial charge in [-0.05, 0) is 37.6 Å². The monoisotopic (exact) mass is 357 g/mol. The molecule has 0 fully saturated rings. The quantitative estimate of drug-likeness (QED) is 0.567. The SMILES string of the molecule is CCOC(=O)c1cnc(Oc2ccc(C(C)C(F)(F)F)cc2)c(F)c1. The Hall–Kier alpha value is -2.64. The predicted octanol–water partition coefficient (Wildman–Crippen LogP) is 4.86. The molecule has 8 heteroatoms. The fraction of sp³-hybridized carbons (Fsp3) is 0.294. The van der Waals surface area contributed by atoms with Gasteiger partial charge in [-0.3, -0.25) is 0 Å². The Morgan fingerprint density at radius 1 is 1.24 bits per heavy atom. The molecule has 134 valence electrons. The number of benzene rings is 1. The average Bonchev–Trinajstić information content (AvgIpc) is 2.56. The molecule has 0 saturated carbocycles. The van der Waals surface area contributed by atoms with Crippen LogP contribution in [0.1, 0.15) is 35.7 Å². The highest BCUT2D eigenvalue weighted by atomic mass is 19.4. The maximum absolute atomic E-state index is 14.0. The zero-order valence-corrected chi connectivity index (χ0v) is 13.4. The van der Waals surface area contributed by atoms with Crippen LogP contribution >= 0.6 is 0 Å². The molecule has 1 aromatic carbocycles. The number of ether oxygens (including phenoxy) is 2. The van der Waals surface area contributed by atoms with Crippen molar-refractivity contribution in [3.63, 3.8) is 0 Å². The van der Waals surface area contributed by atoms with Crippen LogP contribution in [0, 0.1) is 5.82 Å². The number of rotatable bonds is 5. The minimum Gasteiger partial charge on any atom is -0.462 e. The minimum atomic E-state index is -4.35. The van der Waals surface area contributed by atoms with Crippen LogP contribution in [-0.4, -0.2) is 23.7 Å². The Kier molecular flexibility index (Phi) is 5.61. The number of nitrogens with zero attached hydrogens (tertiary/aromatic N) is 1. The van der Waals surface area contributed by atoms with Crippen LogP contribution in [0.25, 0.3) is 0 Å². The van der Waals surface area contributed by atoms with E-state index >= 15 is 0 Å². The fourth-order valence-electron chi connectivity index (χ4n) is 1.95. The molecule has 2 aromatic rings. The second-order valence-electron chi connectivity index (χ2n) is 5.17. The first-order valence-electron chi connectivity index (χ1n) is 7.39. The molecule has 2 rings (SSSR count). The second kappa shape index (κ2) is 7.50. The summed E-state index contributed by atoms with van der Waals surface area (Å²) in [6.45, 7) is 2.80. The predicted molar refractivity (Wildman–Crippen MR) is 81.1 cm³/mol. The van der Waals surface area contributed by atoms with Gasteiger partial charge >= 0.3 is 12.1 Å². The van der Waals surface area contributed by atoms with E-state index in [1.165, 1.54) is 24.3 Å². The van der Waals surface area contributed by atoms with E-state index < -0.39 is 29.8 Å². The Balaban J connectivity index is 2.13. The number of halogens is 4. The van der Waals surface area contributed by atoms with Crippen LogP contribution < -0.4 is 4.74 Å². The Morgan fingerprint density at radius 2 is 1.88 bits per heavy atom. The van der Waals surface area contributed by atoms with Gasteiger partial charge in [-0.15, -0.1) is 0 Å². The molecule has 4 nitrogen and oxygen atoms in total. The second-order valence-corrected chi connectivity index (χ2v) is 5.17. The van der Waals surface area contributed by atoms with Crippen LogP contribution in [0.3, 0.4) is 0 Å². The molecule has 1 atom stereocenters. The van der Waals surface area contributed by atoms with Gasteiger partial charge in [0, 0.05) is 6.20 Å². The largest absolute Gasteiger partial charge is 0.462 e. The van der Waals surface area contributed by atoms with E-state index in [9.17, 15) is 22.4 Å². The Morgan fingerprint density at radius 3 is 2.40 bits per heavy atom. The van der Waals surface area contributed by atoms with E-state index in [0.29, 0.717) is 0 Å². The topological polar surface area (TPSA) is 48.4 Å². The van der Waals surface area contributed by atoms with Gasteiger partial charge in [-0.1, -0.05) is 12.1 Å². The minimum absolute atomic E-state index is 0.0611. The molecule has 0 aliphatic carbocycles. The first-order chi connectivity index (χ1) is 11.7. The third kappa shape index (κ3) is 4.68. The van der Waals surface area contributed by atoms with E-state index in [2.05, 4.69) is 4.98 Å². The summed E-state index contributed by atoms with van der Waals surface area (Å²) in [6, 6.07) is 5.99. The maximum Gasteiger partial charge on any atom is 0.395 e. The molecule has 0 saturated heterocycles. The lowest BCUT2D eigenvalue weighted by molar-refractivity contribution is -0.146. The van der Waals surface area contributed by atoms with Crippen LogP contribution in [0.15, 0.2) is 36.5 Å². The molecule has 1 aromatic heterocycles. The molecule has 0 aliphatic heterocycles. The van der Waals surface area contributed by atoms with Crippen LogP contribution in [-0.2, 0) is 4.74 Å². The first-order valence-corrected chi connectivity index (χ1v) is 7.39. The summed E-state index contributed by atoms with van der Waals surface area (Å²) in [5, 5.41) is 0. The number of carbonyl (C=O) groups excluding carboxylic acids is 1. The number of hydrogen-bond acceptors (Lipinski definition) is 4. The van der Waals surface area contributed by atoms with Gasteiger partial charge in [0.25, 0.3) is 5.88 Å². The van der Waals surface area contributed by atoms with Crippen LogP contribution in [0.4, 0.5) is 17.6 Å². The summed E-state index contributed by atoms with van der Waals surface area (Å²) >= 11 is 0. The van der Waals surface area contributed by atoms with Crippen LogP contribution in [0.5, 0.6) is 11.6 Å². The Bertz CT molecular complexity index is 745. The van der Waals surface area contributed by atoms with E-state index in [1.807, 2.05) is 0 Å². The zero-order valence-electron chi connectivity index (χ0n) is 13.4. The molecule has 0 aliphatic rings. The number of hydrogen-bond donors (Lipinski definition) is 0. The molecule has 0 radical (unpaired) electrons. The maximum atomic E-state index is 14.0. The normalized spacial score (nSPS) is 12.6. The molecule has 1 heterocycles. The molecule has 1 unspecified atom stereocenters. The van der Waals surface area contributed by atoms with E-state index in [1.54, 1.807) is 6.92 Å². The number of esters is 1. The van der Waals surface area contributed by atoms with Crippen LogP contribution in [0.2, 0.25) is 0 Å². The van der Waals surface area contributed by atoms with E-state index in [-0.39, 0.29) is 23.5 Å². The van der Waals surface area contributed by atoms with Crippen molar-refractivity contribution >= 4 is 5.97 Å². The summed E-state index contributed by atoms with van der Waals surface area (Å²) in [7, 11) is 0. The van der Waals surface area contributed by atoms with Gasteiger partial charge in [0.2, 0.25) is 0 Å². The summed E-state index contributed by atoms with van der Waals surface area (Å²) in [5.74, 6) is -3.51. The van der Waals surface area contributed by atoms with Crippen molar-refractivity contribution in [3.8, 4) is 11.6 Å².